The molecule has 4 nitrogen and oxygen atoms in total. The highest BCUT2D eigenvalue weighted by Crippen LogP contribution is 2.31. The van der Waals surface area contributed by atoms with Crippen LogP contribution in [-0.2, 0) is 9.59 Å². The van der Waals surface area contributed by atoms with Gasteiger partial charge in [0.25, 0.3) is 0 Å². The Kier molecular flexibility index (Phi) is 10.1. The van der Waals surface area contributed by atoms with Crippen molar-refractivity contribution in [3.05, 3.63) is 23.8 Å². The van der Waals surface area contributed by atoms with Crippen LogP contribution in [0.1, 0.15) is 68.7 Å². The first-order chi connectivity index (χ1) is 12.2. The Morgan fingerprint density at radius 2 is 1.56 bits per heavy atom. The van der Waals surface area contributed by atoms with Gasteiger partial charge in [-0.2, -0.15) is 0 Å². The van der Waals surface area contributed by atoms with Gasteiger partial charge in [0.2, 0.25) is 5.91 Å². The van der Waals surface area contributed by atoms with Gasteiger partial charge in [-0.25, -0.2) is 4.79 Å². The SMILES string of the molecule is CC[C@H](/C=C/[C@H](C(=O)N(C)[C@H](/C=C(\C)C(=O)O)C(C)C)C(C)C)C(C)(C)C. The van der Waals surface area contributed by atoms with Crippen LogP contribution < -0.4 is 0 Å². The lowest BCUT2D eigenvalue weighted by Crippen LogP contribution is -2.43. The van der Waals surface area contributed by atoms with Gasteiger partial charge in [0.15, 0.2) is 0 Å². The fraction of sp³-hybridized carbons (Fsp3) is 0.739. The van der Waals surface area contributed by atoms with Gasteiger partial charge in [-0.3, -0.25) is 4.79 Å². The molecule has 1 amide bonds. The minimum Gasteiger partial charge on any atom is -0.478 e. The number of allylic oxidation sites excluding steroid dienone is 1. The number of hydrogen-bond acceptors (Lipinski definition) is 2. The number of rotatable bonds is 9. The van der Waals surface area contributed by atoms with Gasteiger partial charge in [-0.15, -0.1) is 0 Å². The lowest BCUT2D eigenvalue weighted by molar-refractivity contribution is -0.136. The molecule has 0 saturated heterocycles. The van der Waals surface area contributed by atoms with E-state index < -0.39 is 5.97 Å². The monoisotopic (exact) mass is 379 g/mol. The number of carboxylic acid groups (broad SMARTS) is 1. The van der Waals surface area contributed by atoms with Gasteiger partial charge in [-0.05, 0) is 36.5 Å². The quantitative estimate of drug-likeness (QED) is 0.431. The molecule has 4 heteroatoms. The molecule has 156 valence electrons. The minimum atomic E-state index is -0.947. The third kappa shape index (κ3) is 7.90. The zero-order chi connectivity index (χ0) is 21.5. The Hall–Kier alpha value is -1.58. The van der Waals surface area contributed by atoms with Crippen molar-refractivity contribution in [2.75, 3.05) is 7.05 Å². The average molecular weight is 380 g/mol. The zero-order valence-corrected chi connectivity index (χ0v) is 19.0. The van der Waals surface area contributed by atoms with Crippen LogP contribution in [0.5, 0.6) is 0 Å². The molecule has 1 N–H and O–H groups in total. The van der Waals surface area contributed by atoms with Gasteiger partial charge >= 0.3 is 5.97 Å². The van der Waals surface area contributed by atoms with E-state index in [0.29, 0.717) is 5.92 Å². The second-order valence-electron chi connectivity index (χ2n) is 9.37. The summed E-state index contributed by atoms with van der Waals surface area (Å²) in [4.78, 5) is 26.2. The number of hydrogen-bond donors (Lipinski definition) is 1. The normalized spacial score (nSPS) is 16.7. The van der Waals surface area contributed by atoms with E-state index in [1.54, 1.807) is 24.9 Å². The highest BCUT2D eigenvalue weighted by atomic mass is 16.4. The molecule has 0 aliphatic rings. The van der Waals surface area contributed by atoms with Gasteiger partial charge < -0.3 is 10.0 Å². The molecule has 0 unspecified atom stereocenters. The molecule has 0 spiro atoms. The fourth-order valence-corrected chi connectivity index (χ4v) is 3.34. The summed E-state index contributed by atoms with van der Waals surface area (Å²) >= 11 is 0. The number of carbonyl (C=O) groups is 2. The first-order valence-corrected chi connectivity index (χ1v) is 10.1. The van der Waals surface area contributed by atoms with Crippen LogP contribution in [0.3, 0.4) is 0 Å². The summed E-state index contributed by atoms with van der Waals surface area (Å²) in [5.74, 6) is -0.414. The smallest absolute Gasteiger partial charge is 0.331 e. The first kappa shape index (κ1) is 25.4. The Balaban J connectivity index is 5.68. The number of amides is 1. The van der Waals surface area contributed by atoms with Crippen LogP contribution in [0.15, 0.2) is 23.8 Å². The van der Waals surface area contributed by atoms with Crippen LogP contribution in [0.2, 0.25) is 0 Å². The summed E-state index contributed by atoms with van der Waals surface area (Å²) in [6.07, 6.45) is 6.98. The summed E-state index contributed by atoms with van der Waals surface area (Å²) in [7, 11) is 1.78. The van der Waals surface area contributed by atoms with Crippen LogP contribution in [0.25, 0.3) is 0 Å². The predicted molar refractivity (Wildman–Crippen MR) is 113 cm³/mol. The topological polar surface area (TPSA) is 57.6 Å². The van der Waals surface area contributed by atoms with Crippen molar-refractivity contribution in [1.82, 2.24) is 4.90 Å². The van der Waals surface area contributed by atoms with Crippen LogP contribution in [0.4, 0.5) is 0 Å². The number of nitrogens with zero attached hydrogens (tertiary/aromatic N) is 1. The Labute approximate surface area is 166 Å². The van der Waals surface area contributed by atoms with Gasteiger partial charge in [-0.1, -0.05) is 73.6 Å². The number of likely N-dealkylation sites (N-methyl/N-ethyl adjacent to an activating group) is 1. The summed E-state index contributed by atoms with van der Waals surface area (Å²) in [6, 6.07) is -0.243. The highest BCUT2D eigenvalue weighted by Gasteiger charge is 2.29. The Morgan fingerprint density at radius 3 is 1.89 bits per heavy atom. The Morgan fingerprint density at radius 1 is 1.04 bits per heavy atom. The maximum atomic E-state index is 13.2. The number of aliphatic carboxylic acids is 1. The summed E-state index contributed by atoms with van der Waals surface area (Å²) in [5.41, 5.74) is 0.424. The number of carbonyl (C=O) groups excluding carboxylic acids is 1. The number of carboxylic acids is 1. The van der Waals surface area contributed by atoms with E-state index in [-0.39, 0.29) is 40.7 Å². The van der Waals surface area contributed by atoms with E-state index in [0.717, 1.165) is 6.42 Å². The van der Waals surface area contributed by atoms with Gasteiger partial charge in [0.1, 0.15) is 0 Å². The van der Waals surface area contributed by atoms with Crippen molar-refractivity contribution in [1.29, 1.82) is 0 Å². The van der Waals surface area contributed by atoms with Crippen molar-refractivity contribution in [3.8, 4) is 0 Å². The summed E-state index contributed by atoms with van der Waals surface area (Å²) < 4.78 is 0. The van der Waals surface area contributed by atoms with Crippen LogP contribution in [-0.4, -0.2) is 35.0 Å². The standard InChI is InChI=1S/C23H41NO3/c1-11-18(23(7,8)9)12-13-19(15(2)3)21(25)24(10)20(16(4)5)14-17(6)22(26)27/h12-16,18-20H,11H2,1-10H3,(H,26,27)/b13-12+,17-14+/t18-,19+,20-/m1/s1. The molecule has 0 radical (unpaired) electrons. The molecule has 0 aliphatic carbocycles. The van der Waals surface area contributed by atoms with Gasteiger partial charge in [0.05, 0.1) is 12.0 Å². The maximum Gasteiger partial charge on any atom is 0.331 e. The zero-order valence-electron chi connectivity index (χ0n) is 19.0. The molecule has 0 aromatic heterocycles. The second-order valence-corrected chi connectivity index (χ2v) is 9.37. The van der Waals surface area contributed by atoms with Crippen LogP contribution >= 0.6 is 0 Å². The third-order valence-electron chi connectivity index (χ3n) is 5.34. The first-order valence-electron chi connectivity index (χ1n) is 10.1. The predicted octanol–water partition coefficient (Wildman–Crippen LogP) is 5.40. The molecule has 0 heterocycles. The molecule has 0 fully saturated rings. The molecule has 0 bridgehead atoms. The van der Waals surface area contributed by atoms with Crippen LogP contribution in [0, 0.1) is 29.1 Å². The molecule has 27 heavy (non-hydrogen) atoms. The van der Waals surface area contributed by atoms with Crippen molar-refractivity contribution >= 4 is 11.9 Å². The van der Waals surface area contributed by atoms with E-state index in [1.807, 2.05) is 13.8 Å². The van der Waals surface area contributed by atoms with E-state index in [9.17, 15) is 14.7 Å². The largest absolute Gasteiger partial charge is 0.478 e. The minimum absolute atomic E-state index is 0.0400. The molecule has 0 aromatic carbocycles. The molecule has 0 aromatic rings. The molecule has 0 rings (SSSR count). The van der Waals surface area contributed by atoms with Crippen molar-refractivity contribution in [2.24, 2.45) is 29.1 Å². The van der Waals surface area contributed by atoms with E-state index in [2.05, 4.69) is 53.7 Å². The molecular weight excluding hydrogens is 338 g/mol. The lowest BCUT2D eigenvalue weighted by atomic mass is 9.78. The van der Waals surface area contributed by atoms with E-state index >= 15 is 0 Å². The molecular formula is C23H41NO3. The summed E-state index contributed by atoms with van der Waals surface area (Å²) in [6.45, 7) is 18.5. The second kappa shape index (κ2) is 10.7. The molecule has 0 saturated carbocycles. The van der Waals surface area contributed by atoms with E-state index in [1.165, 1.54) is 0 Å². The van der Waals surface area contributed by atoms with Crippen molar-refractivity contribution < 1.29 is 14.7 Å². The fourth-order valence-electron chi connectivity index (χ4n) is 3.34. The molecule has 3 atom stereocenters. The van der Waals surface area contributed by atoms with Crippen molar-refractivity contribution in [2.45, 2.75) is 74.8 Å². The van der Waals surface area contributed by atoms with Gasteiger partial charge in [0, 0.05) is 12.6 Å². The van der Waals surface area contributed by atoms with E-state index in [4.69, 9.17) is 0 Å². The van der Waals surface area contributed by atoms with Crippen molar-refractivity contribution in [3.63, 3.8) is 0 Å². The molecule has 0 aliphatic heterocycles. The highest BCUT2D eigenvalue weighted by molar-refractivity contribution is 5.86. The summed E-state index contributed by atoms with van der Waals surface area (Å²) in [5, 5.41) is 9.20. The maximum absolute atomic E-state index is 13.2. The third-order valence-corrected chi connectivity index (χ3v) is 5.34. The Bertz CT molecular complexity index is 552. The average Bonchev–Trinajstić information content (AvgIpc) is 2.53. The lowest BCUT2D eigenvalue weighted by Gasteiger charge is -2.33.